The molecule has 0 aliphatic heterocycles. The van der Waals surface area contributed by atoms with Crippen LogP contribution in [-0.4, -0.2) is 0 Å². The first kappa shape index (κ1) is 14.9. The Balaban J connectivity index is 2.04. The van der Waals surface area contributed by atoms with Gasteiger partial charge >= 0.3 is 0 Å². The van der Waals surface area contributed by atoms with Crippen molar-refractivity contribution in [2.24, 2.45) is 7.05 Å². The minimum atomic E-state index is 0.786. The number of hydrogen-bond donors (Lipinski definition) is 1. The van der Waals surface area contributed by atoms with Crippen molar-refractivity contribution < 1.29 is 4.57 Å². The lowest BCUT2D eigenvalue weighted by atomic mass is 9.95. The van der Waals surface area contributed by atoms with Crippen molar-refractivity contribution in [3.05, 3.63) is 84.9 Å². The standard InChI is InChI=1S/C24H19N2/c1-26-23-12-5-4-10-20(23)19-14-13-17(25)15-22(19)24(26)21-11-6-8-16-7-2-3-9-18(16)21/h2-15H,25H2,1H3/q+1. The molecule has 0 atom stereocenters. The predicted octanol–water partition coefficient (Wildman–Crippen LogP) is 5.22. The Hall–Kier alpha value is -3.39. The zero-order chi connectivity index (χ0) is 17.7. The number of para-hydroxylation sites is 1. The molecule has 0 radical (unpaired) electrons. The molecule has 2 heteroatoms. The number of fused-ring (bicyclic) bond motifs is 4. The molecule has 0 saturated carbocycles. The molecule has 26 heavy (non-hydrogen) atoms. The highest BCUT2D eigenvalue weighted by atomic mass is 14.9. The summed E-state index contributed by atoms with van der Waals surface area (Å²) in [6, 6.07) is 29.8. The highest BCUT2D eigenvalue weighted by Crippen LogP contribution is 2.35. The number of nitrogens with two attached hydrogens (primary N) is 1. The van der Waals surface area contributed by atoms with Gasteiger partial charge in [0, 0.05) is 17.1 Å². The van der Waals surface area contributed by atoms with Crippen molar-refractivity contribution in [2.45, 2.75) is 0 Å². The molecule has 2 N–H and O–H groups in total. The van der Waals surface area contributed by atoms with Crippen LogP contribution in [0.1, 0.15) is 0 Å². The topological polar surface area (TPSA) is 29.9 Å². The molecule has 1 heterocycles. The summed E-state index contributed by atoms with van der Waals surface area (Å²) in [5.41, 5.74) is 10.6. The zero-order valence-corrected chi connectivity index (χ0v) is 14.6. The van der Waals surface area contributed by atoms with Crippen molar-refractivity contribution in [1.82, 2.24) is 0 Å². The molecule has 0 aliphatic rings. The molecule has 2 nitrogen and oxygen atoms in total. The second kappa shape index (κ2) is 5.57. The Morgan fingerprint density at radius 1 is 0.654 bits per heavy atom. The smallest absolute Gasteiger partial charge is 0.221 e. The van der Waals surface area contributed by atoms with E-state index in [-0.39, 0.29) is 0 Å². The average Bonchev–Trinajstić information content (AvgIpc) is 2.68. The van der Waals surface area contributed by atoms with Gasteiger partial charge in [0.2, 0.25) is 11.2 Å². The van der Waals surface area contributed by atoms with Gasteiger partial charge in [-0.25, -0.2) is 0 Å². The Kier molecular flexibility index (Phi) is 3.19. The predicted molar refractivity (Wildman–Crippen MR) is 110 cm³/mol. The quantitative estimate of drug-likeness (QED) is 0.254. The molecule has 5 aromatic rings. The van der Waals surface area contributed by atoms with Crippen molar-refractivity contribution in [3.8, 4) is 11.3 Å². The monoisotopic (exact) mass is 335 g/mol. The van der Waals surface area contributed by atoms with Crippen molar-refractivity contribution in [1.29, 1.82) is 0 Å². The maximum absolute atomic E-state index is 6.17. The van der Waals surface area contributed by atoms with E-state index in [9.17, 15) is 0 Å². The maximum Gasteiger partial charge on any atom is 0.221 e. The molecular formula is C24H19N2+. The number of aryl methyl sites for hydroxylation is 1. The summed E-state index contributed by atoms with van der Waals surface area (Å²) >= 11 is 0. The maximum atomic E-state index is 6.17. The fourth-order valence-electron chi connectivity index (χ4n) is 4.05. The van der Waals surface area contributed by atoms with E-state index in [1.165, 1.54) is 43.7 Å². The van der Waals surface area contributed by atoms with E-state index >= 15 is 0 Å². The molecule has 0 fully saturated rings. The van der Waals surface area contributed by atoms with Gasteiger partial charge in [-0.15, -0.1) is 0 Å². The van der Waals surface area contributed by atoms with Crippen molar-refractivity contribution in [2.75, 3.05) is 5.73 Å². The summed E-state index contributed by atoms with van der Waals surface area (Å²) in [5, 5.41) is 6.16. The minimum absolute atomic E-state index is 0.786. The normalized spacial score (nSPS) is 11.4. The lowest BCUT2D eigenvalue weighted by Crippen LogP contribution is -2.32. The first-order valence-corrected chi connectivity index (χ1v) is 8.82. The molecule has 1 aromatic heterocycles. The molecule has 0 unspecified atom stereocenters. The summed E-state index contributed by atoms with van der Waals surface area (Å²) in [4.78, 5) is 0. The van der Waals surface area contributed by atoms with Crippen LogP contribution in [0.15, 0.2) is 84.9 Å². The van der Waals surface area contributed by atoms with Gasteiger partial charge in [0.05, 0.1) is 16.3 Å². The molecular weight excluding hydrogens is 316 g/mol. The number of benzene rings is 4. The zero-order valence-electron chi connectivity index (χ0n) is 14.6. The molecule has 0 amide bonds. The van der Waals surface area contributed by atoms with Crippen LogP contribution < -0.4 is 10.3 Å². The van der Waals surface area contributed by atoms with E-state index < -0.39 is 0 Å². The van der Waals surface area contributed by atoms with E-state index in [2.05, 4.69) is 90.5 Å². The van der Waals surface area contributed by atoms with Gasteiger partial charge < -0.3 is 5.73 Å². The molecule has 5 rings (SSSR count). The lowest BCUT2D eigenvalue weighted by molar-refractivity contribution is -0.632. The molecule has 0 aliphatic carbocycles. The van der Waals surface area contributed by atoms with Gasteiger partial charge in [-0.1, -0.05) is 54.6 Å². The second-order valence-corrected chi connectivity index (χ2v) is 6.76. The number of pyridine rings is 1. The molecule has 0 spiro atoms. The molecule has 4 aromatic carbocycles. The summed E-state index contributed by atoms with van der Waals surface area (Å²) in [7, 11) is 2.14. The van der Waals surface area contributed by atoms with Crippen molar-refractivity contribution >= 4 is 38.1 Å². The third-order valence-corrected chi connectivity index (χ3v) is 5.23. The second-order valence-electron chi connectivity index (χ2n) is 6.76. The fraction of sp³-hybridized carbons (Fsp3) is 0.0417. The number of nitrogen functional groups attached to an aromatic ring is 1. The highest BCUT2D eigenvalue weighted by Gasteiger charge is 2.21. The van der Waals surface area contributed by atoms with Gasteiger partial charge in [0.1, 0.15) is 7.05 Å². The van der Waals surface area contributed by atoms with E-state index in [4.69, 9.17) is 5.73 Å². The fourth-order valence-corrected chi connectivity index (χ4v) is 4.05. The minimum Gasteiger partial charge on any atom is -0.399 e. The van der Waals surface area contributed by atoms with E-state index in [0.29, 0.717) is 0 Å². The van der Waals surface area contributed by atoms with Crippen LogP contribution in [0.5, 0.6) is 0 Å². The third-order valence-electron chi connectivity index (χ3n) is 5.23. The van der Waals surface area contributed by atoms with Crippen LogP contribution in [0, 0.1) is 0 Å². The van der Waals surface area contributed by atoms with Gasteiger partial charge in [-0.2, -0.15) is 4.57 Å². The molecule has 124 valence electrons. The van der Waals surface area contributed by atoms with E-state index in [0.717, 1.165) is 5.69 Å². The van der Waals surface area contributed by atoms with Gasteiger partial charge in [-0.3, -0.25) is 0 Å². The summed E-state index contributed by atoms with van der Waals surface area (Å²) < 4.78 is 2.29. The lowest BCUT2D eigenvalue weighted by Gasteiger charge is -2.12. The van der Waals surface area contributed by atoms with Crippen LogP contribution in [0.25, 0.3) is 43.7 Å². The Labute approximate surface area is 152 Å². The van der Waals surface area contributed by atoms with Crippen LogP contribution in [0.4, 0.5) is 5.69 Å². The van der Waals surface area contributed by atoms with Gasteiger partial charge in [-0.05, 0) is 35.0 Å². The highest BCUT2D eigenvalue weighted by molar-refractivity contribution is 6.12. The van der Waals surface area contributed by atoms with Gasteiger partial charge in [0.25, 0.3) is 0 Å². The molecule has 0 saturated heterocycles. The SMILES string of the molecule is C[n+]1c(-c2cccc3ccccc23)c2cc(N)ccc2c2ccccc21. The third kappa shape index (κ3) is 2.09. The average molecular weight is 335 g/mol. The van der Waals surface area contributed by atoms with Crippen molar-refractivity contribution in [3.63, 3.8) is 0 Å². The largest absolute Gasteiger partial charge is 0.399 e. The van der Waals surface area contributed by atoms with Gasteiger partial charge in [0.15, 0.2) is 0 Å². The van der Waals surface area contributed by atoms with E-state index in [1.54, 1.807) is 0 Å². The van der Waals surface area contributed by atoms with Crippen LogP contribution in [0.2, 0.25) is 0 Å². The number of hydrogen-bond acceptors (Lipinski definition) is 1. The van der Waals surface area contributed by atoms with Crippen LogP contribution in [-0.2, 0) is 7.05 Å². The van der Waals surface area contributed by atoms with E-state index in [1.807, 2.05) is 6.07 Å². The Bertz CT molecular complexity index is 1300. The number of nitrogens with zero attached hydrogens (tertiary/aromatic N) is 1. The number of anilines is 1. The summed E-state index contributed by atoms with van der Waals surface area (Å²) in [6.45, 7) is 0. The Morgan fingerprint density at radius 2 is 1.38 bits per heavy atom. The molecule has 0 bridgehead atoms. The summed E-state index contributed by atoms with van der Waals surface area (Å²) in [6.07, 6.45) is 0. The number of rotatable bonds is 1. The summed E-state index contributed by atoms with van der Waals surface area (Å²) in [5.74, 6) is 0. The van der Waals surface area contributed by atoms with Crippen LogP contribution >= 0.6 is 0 Å². The number of aromatic nitrogens is 1. The Morgan fingerprint density at radius 3 is 2.27 bits per heavy atom. The first-order valence-electron chi connectivity index (χ1n) is 8.82. The first-order chi connectivity index (χ1) is 12.7. The van der Waals surface area contributed by atoms with Crippen LogP contribution in [0.3, 0.4) is 0 Å².